The second kappa shape index (κ2) is 8.74. The van der Waals surface area contributed by atoms with Crippen LogP contribution in [0.4, 0.5) is 0 Å². The van der Waals surface area contributed by atoms with Crippen molar-refractivity contribution in [1.29, 1.82) is 0 Å². The number of rotatable bonds is 7. The molecule has 1 atom stereocenters. The van der Waals surface area contributed by atoms with E-state index in [0.29, 0.717) is 5.41 Å². The van der Waals surface area contributed by atoms with Crippen molar-refractivity contribution < 1.29 is 0 Å². The predicted octanol–water partition coefficient (Wildman–Crippen LogP) is 6.33. The summed E-state index contributed by atoms with van der Waals surface area (Å²) in [6.45, 7) is 14.1. The lowest BCUT2D eigenvalue weighted by atomic mass is 9.73. The smallest absolute Gasteiger partial charge is 0.0198 e. The molecule has 2 rings (SSSR count). The molecule has 0 aliphatic carbocycles. The lowest BCUT2D eigenvalue weighted by Gasteiger charge is -2.31. The van der Waals surface area contributed by atoms with Crippen LogP contribution >= 0.6 is 0 Å². The molecule has 1 heteroatoms. The van der Waals surface area contributed by atoms with Gasteiger partial charge in [-0.05, 0) is 74.1 Å². The Labute approximate surface area is 150 Å². The highest BCUT2D eigenvalue weighted by molar-refractivity contribution is 5.31. The Morgan fingerprint density at radius 3 is 2.29 bits per heavy atom. The average Bonchev–Trinajstić information content (AvgIpc) is 2.58. The molecule has 1 aromatic rings. The zero-order valence-corrected chi connectivity index (χ0v) is 16.6. The number of hydrogen-bond donors (Lipinski definition) is 0. The van der Waals surface area contributed by atoms with Crippen LogP contribution in [0.15, 0.2) is 36.0 Å². The van der Waals surface area contributed by atoms with Crippen LogP contribution in [0.3, 0.4) is 0 Å². The lowest BCUT2D eigenvalue weighted by molar-refractivity contribution is 0.246. The third-order valence-electron chi connectivity index (χ3n) is 6.17. The van der Waals surface area contributed by atoms with E-state index in [1.165, 1.54) is 61.9 Å². The van der Waals surface area contributed by atoms with Crippen LogP contribution in [0.2, 0.25) is 0 Å². The van der Waals surface area contributed by atoms with Crippen molar-refractivity contribution in [2.45, 2.75) is 78.6 Å². The molecule has 0 N–H and O–H groups in total. The fraction of sp³-hybridized carbons (Fsp3) is 0.652. The first-order valence-electron chi connectivity index (χ1n) is 10.0. The fourth-order valence-electron chi connectivity index (χ4n) is 4.36. The summed E-state index contributed by atoms with van der Waals surface area (Å²) < 4.78 is 0. The van der Waals surface area contributed by atoms with E-state index in [1.807, 2.05) is 0 Å². The molecule has 0 bridgehead atoms. The summed E-state index contributed by atoms with van der Waals surface area (Å²) in [5, 5.41) is 0. The van der Waals surface area contributed by atoms with Crippen LogP contribution in [0.5, 0.6) is 0 Å². The van der Waals surface area contributed by atoms with E-state index in [2.05, 4.69) is 70.0 Å². The summed E-state index contributed by atoms with van der Waals surface area (Å²) in [7, 11) is 0. The molecule has 0 radical (unpaired) electrons. The molecule has 134 valence electrons. The Morgan fingerprint density at radius 2 is 1.75 bits per heavy atom. The van der Waals surface area contributed by atoms with Crippen LogP contribution < -0.4 is 0 Å². The minimum Gasteiger partial charge on any atom is -0.377 e. The minimum absolute atomic E-state index is 0.368. The summed E-state index contributed by atoms with van der Waals surface area (Å²) >= 11 is 0. The van der Waals surface area contributed by atoms with Gasteiger partial charge < -0.3 is 4.90 Å². The monoisotopic (exact) mass is 327 g/mol. The van der Waals surface area contributed by atoms with Crippen LogP contribution in [-0.2, 0) is 11.8 Å². The lowest BCUT2D eigenvalue weighted by Crippen LogP contribution is -2.30. The first-order valence-corrected chi connectivity index (χ1v) is 10.0. The maximum absolute atomic E-state index is 2.52. The highest BCUT2D eigenvalue weighted by Crippen LogP contribution is 2.35. The number of likely N-dealkylation sites (tertiary alicyclic amines) is 1. The van der Waals surface area contributed by atoms with Crippen molar-refractivity contribution in [3.8, 4) is 0 Å². The number of hydrogen-bond acceptors (Lipinski definition) is 1. The molecule has 0 saturated carbocycles. The van der Waals surface area contributed by atoms with Crippen LogP contribution in [0, 0.1) is 5.92 Å². The van der Waals surface area contributed by atoms with Gasteiger partial charge in [-0.2, -0.15) is 0 Å². The first-order chi connectivity index (χ1) is 11.5. The molecule has 1 heterocycles. The summed E-state index contributed by atoms with van der Waals surface area (Å²) in [6.07, 6.45) is 9.88. The molecule has 1 nitrogen and oxygen atoms in total. The van der Waals surface area contributed by atoms with E-state index in [4.69, 9.17) is 0 Å². The van der Waals surface area contributed by atoms with Gasteiger partial charge in [0.15, 0.2) is 0 Å². The normalized spacial score (nSPS) is 19.6. The molecule has 24 heavy (non-hydrogen) atoms. The van der Waals surface area contributed by atoms with Crippen molar-refractivity contribution >= 4 is 0 Å². The van der Waals surface area contributed by atoms with Crippen molar-refractivity contribution in [3.63, 3.8) is 0 Å². The zero-order chi connectivity index (χ0) is 17.6. The Kier molecular flexibility index (Phi) is 6.95. The van der Waals surface area contributed by atoms with E-state index < -0.39 is 0 Å². The molecular weight excluding hydrogens is 290 g/mol. The molecular formula is C23H37N. The van der Waals surface area contributed by atoms with Gasteiger partial charge in [0.05, 0.1) is 0 Å². The van der Waals surface area contributed by atoms with Crippen molar-refractivity contribution in [2.24, 2.45) is 5.92 Å². The molecule has 0 aromatic heterocycles. The Hall–Kier alpha value is -1.24. The maximum atomic E-state index is 2.52. The van der Waals surface area contributed by atoms with Crippen molar-refractivity contribution in [1.82, 2.24) is 4.90 Å². The highest BCUT2D eigenvalue weighted by atomic mass is 15.1. The molecule has 1 aliphatic rings. The van der Waals surface area contributed by atoms with Gasteiger partial charge >= 0.3 is 0 Å². The predicted molar refractivity (Wildman–Crippen MR) is 106 cm³/mol. The minimum atomic E-state index is 0.368. The second-order valence-electron chi connectivity index (χ2n) is 7.93. The molecule has 1 saturated heterocycles. The topological polar surface area (TPSA) is 3.24 Å². The van der Waals surface area contributed by atoms with E-state index in [9.17, 15) is 0 Å². The molecule has 0 spiro atoms. The van der Waals surface area contributed by atoms with Gasteiger partial charge in [-0.3, -0.25) is 0 Å². The summed E-state index contributed by atoms with van der Waals surface area (Å²) in [6, 6.07) is 9.45. The van der Waals surface area contributed by atoms with Gasteiger partial charge in [-0.25, -0.2) is 0 Å². The van der Waals surface area contributed by atoms with Gasteiger partial charge in [0.2, 0.25) is 0 Å². The second-order valence-corrected chi connectivity index (χ2v) is 7.93. The molecule has 1 aromatic carbocycles. The molecule has 0 amide bonds. The van der Waals surface area contributed by atoms with E-state index in [0.717, 1.165) is 12.3 Å². The first kappa shape index (κ1) is 19.1. The SMILES string of the molecule is CCC(CC)(CC)c1ccc(C/C(C)=C/N2CCCC(C)C2)cc1. The number of benzene rings is 1. The standard InChI is InChI=1S/C23H37N/c1-6-23(7-2,8-3)22-13-11-21(12-14-22)16-20(5)18-24-15-9-10-19(4)17-24/h11-14,18-19H,6-10,15-17H2,1-5H3/b20-18+. The van der Waals surface area contributed by atoms with Gasteiger partial charge in [-0.15, -0.1) is 0 Å². The number of nitrogens with zero attached hydrogens (tertiary/aromatic N) is 1. The van der Waals surface area contributed by atoms with Gasteiger partial charge in [-0.1, -0.05) is 57.5 Å². The fourth-order valence-corrected chi connectivity index (χ4v) is 4.36. The van der Waals surface area contributed by atoms with Gasteiger partial charge in [0.25, 0.3) is 0 Å². The van der Waals surface area contributed by atoms with Gasteiger partial charge in [0, 0.05) is 13.1 Å². The zero-order valence-electron chi connectivity index (χ0n) is 16.6. The van der Waals surface area contributed by atoms with Crippen LogP contribution in [-0.4, -0.2) is 18.0 Å². The quantitative estimate of drug-likeness (QED) is 0.565. The van der Waals surface area contributed by atoms with E-state index in [1.54, 1.807) is 0 Å². The summed E-state index contributed by atoms with van der Waals surface area (Å²) in [4.78, 5) is 2.52. The maximum Gasteiger partial charge on any atom is 0.0198 e. The summed E-state index contributed by atoms with van der Waals surface area (Å²) in [5.41, 5.74) is 4.80. The Morgan fingerprint density at radius 1 is 1.12 bits per heavy atom. The van der Waals surface area contributed by atoms with E-state index in [-0.39, 0.29) is 0 Å². The van der Waals surface area contributed by atoms with Gasteiger partial charge in [0.1, 0.15) is 0 Å². The molecule has 1 aliphatic heterocycles. The van der Waals surface area contributed by atoms with Crippen molar-refractivity contribution in [2.75, 3.05) is 13.1 Å². The highest BCUT2D eigenvalue weighted by Gasteiger charge is 2.25. The van der Waals surface area contributed by atoms with E-state index >= 15 is 0 Å². The molecule has 1 unspecified atom stereocenters. The third-order valence-corrected chi connectivity index (χ3v) is 6.17. The largest absolute Gasteiger partial charge is 0.377 e. The number of piperidine rings is 1. The van der Waals surface area contributed by atoms with Crippen LogP contribution in [0.1, 0.15) is 77.8 Å². The van der Waals surface area contributed by atoms with Crippen LogP contribution in [0.25, 0.3) is 0 Å². The molecule has 1 fully saturated rings. The Bertz CT molecular complexity index is 513. The summed E-state index contributed by atoms with van der Waals surface area (Å²) in [5.74, 6) is 0.840. The average molecular weight is 328 g/mol. The number of allylic oxidation sites excluding steroid dienone is 1. The third kappa shape index (κ3) is 4.65. The van der Waals surface area contributed by atoms with Crippen molar-refractivity contribution in [3.05, 3.63) is 47.2 Å². The Balaban J connectivity index is 2.03.